The van der Waals surface area contributed by atoms with Gasteiger partial charge in [-0.2, -0.15) is 14.7 Å². The van der Waals surface area contributed by atoms with E-state index in [1.54, 1.807) is 10.9 Å². The van der Waals surface area contributed by atoms with E-state index in [2.05, 4.69) is 15.2 Å². The molecule has 0 fully saturated rings. The molecule has 1 amide bonds. The maximum atomic E-state index is 12.2. The van der Waals surface area contributed by atoms with Gasteiger partial charge in [-0.1, -0.05) is 6.07 Å². The van der Waals surface area contributed by atoms with E-state index < -0.39 is 5.91 Å². The van der Waals surface area contributed by atoms with Crippen LogP contribution in [0.2, 0.25) is 0 Å². The van der Waals surface area contributed by atoms with Gasteiger partial charge in [-0.15, -0.1) is 0 Å². The van der Waals surface area contributed by atoms with E-state index >= 15 is 0 Å². The van der Waals surface area contributed by atoms with E-state index in [0.29, 0.717) is 11.3 Å². The molecular weight excluding hydrogens is 296 g/mol. The van der Waals surface area contributed by atoms with Gasteiger partial charge in [0.2, 0.25) is 0 Å². The zero-order chi connectivity index (χ0) is 16.1. The lowest BCUT2D eigenvalue weighted by atomic mass is 10.1. The van der Waals surface area contributed by atoms with Crippen LogP contribution < -0.4 is 11.3 Å². The molecule has 0 aliphatic carbocycles. The number of aryl methyl sites for hydroxylation is 1. The van der Waals surface area contributed by atoms with Crippen molar-refractivity contribution in [2.24, 2.45) is 12.8 Å². The molecule has 0 bridgehead atoms. The van der Waals surface area contributed by atoms with Gasteiger partial charge in [0.05, 0.1) is 17.4 Å². The monoisotopic (exact) mass is 308 g/mol. The van der Waals surface area contributed by atoms with Crippen LogP contribution in [0.4, 0.5) is 0 Å². The van der Waals surface area contributed by atoms with Crippen LogP contribution in [0.15, 0.2) is 41.3 Å². The molecule has 4 rings (SSSR count). The van der Waals surface area contributed by atoms with E-state index in [9.17, 15) is 9.59 Å². The largest absolute Gasteiger partial charge is 0.364 e. The van der Waals surface area contributed by atoms with Crippen molar-refractivity contribution in [3.63, 3.8) is 0 Å². The summed E-state index contributed by atoms with van der Waals surface area (Å²) in [6, 6.07) is 8.66. The molecule has 4 aromatic rings. The first-order chi connectivity index (χ1) is 11.0. The van der Waals surface area contributed by atoms with Crippen LogP contribution >= 0.6 is 0 Å². The Balaban J connectivity index is 1.92. The molecule has 0 radical (unpaired) electrons. The van der Waals surface area contributed by atoms with Crippen LogP contribution in [0.25, 0.3) is 27.8 Å². The van der Waals surface area contributed by atoms with Gasteiger partial charge in [-0.05, 0) is 17.7 Å². The summed E-state index contributed by atoms with van der Waals surface area (Å²) in [5, 5.41) is 9.05. The number of rotatable bonds is 2. The predicted molar refractivity (Wildman–Crippen MR) is 84.0 cm³/mol. The van der Waals surface area contributed by atoms with Crippen LogP contribution in [0.3, 0.4) is 0 Å². The third kappa shape index (κ3) is 2.00. The molecule has 0 atom stereocenters. The van der Waals surface area contributed by atoms with Crippen LogP contribution in [-0.2, 0) is 7.05 Å². The van der Waals surface area contributed by atoms with Crippen molar-refractivity contribution in [1.82, 2.24) is 24.4 Å². The number of nitrogens with one attached hydrogen (secondary N) is 1. The molecular formula is C15H12N6O2. The molecule has 3 N–H and O–H groups in total. The first kappa shape index (κ1) is 13.3. The number of primary amides is 1. The smallest absolute Gasteiger partial charge is 0.274 e. The molecule has 23 heavy (non-hydrogen) atoms. The molecule has 8 heteroatoms. The highest BCUT2D eigenvalue weighted by atomic mass is 16.1. The number of hydrogen-bond acceptors (Lipinski definition) is 4. The van der Waals surface area contributed by atoms with Crippen LogP contribution in [0, 0.1) is 0 Å². The quantitative estimate of drug-likeness (QED) is 0.567. The zero-order valence-electron chi connectivity index (χ0n) is 12.1. The highest BCUT2D eigenvalue weighted by Crippen LogP contribution is 2.22. The van der Waals surface area contributed by atoms with Crippen molar-refractivity contribution >= 4 is 22.5 Å². The average Bonchev–Trinajstić information content (AvgIpc) is 3.11. The van der Waals surface area contributed by atoms with Crippen molar-refractivity contribution in [1.29, 1.82) is 0 Å². The summed E-state index contributed by atoms with van der Waals surface area (Å²) >= 11 is 0. The fourth-order valence-electron chi connectivity index (χ4n) is 2.60. The van der Waals surface area contributed by atoms with E-state index in [1.165, 1.54) is 12.1 Å². The fraction of sp³-hybridized carbons (Fsp3) is 0.0667. The number of fused-ring (bicyclic) bond motifs is 2. The van der Waals surface area contributed by atoms with Crippen molar-refractivity contribution in [2.75, 3.05) is 0 Å². The number of nitrogens with two attached hydrogens (primary N) is 1. The van der Waals surface area contributed by atoms with Gasteiger partial charge in [0.25, 0.3) is 11.5 Å². The van der Waals surface area contributed by atoms with Crippen LogP contribution in [0.1, 0.15) is 10.5 Å². The average molecular weight is 308 g/mol. The second kappa shape index (κ2) is 4.54. The number of benzene rings is 1. The summed E-state index contributed by atoms with van der Waals surface area (Å²) < 4.78 is 2.90. The van der Waals surface area contributed by atoms with Crippen molar-refractivity contribution in [3.05, 3.63) is 52.6 Å². The maximum absolute atomic E-state index is 12.2. The first-order valence-electron chi connectivity index (χ1n) is 6.88. The highest BCUT2D eigenvalue weighted by molar-refractivity contribution is 5.92. The third-order valence-corrected chi connectivity index (χ3v) is 3.76. The molecule has 3 aromatic heterocycles. The van der Waals surface area contributed by atoms with Gasteiger partial charge in [0, 0.05) is 24.6 Å². The molecule has 1 aromatic carbocycles. The summed E-state index contributed by atoms with van der Waals surface area (Å²) in [5.41, 5.74) is 7.78. The summed E-state index contributed by atoms with van der Waals surface area (Å²) in [4.78, 5) is 26.5. The molecule has 8 nitrogen and oxygen atoms in total. The third-order valence-electron chi connectivity index (χ3n) is 3.76. The summed E-state index contributed by atoms with van der Waals surface area (Å²) in [6.07, 6.45) is 1.76. The predicted octanol–water partition coefficient (Wildman–Crippen LogP) is 0.675. The summed E-state index contributed by atoms with van der Waals surface area (Å²) in [7, 11) is 1.87. The number of amides is 1. The van der Waals surface area contributed by atoms with Crippen LogP contribution in [-0.4, -0.2) is 30.3 Å². The summed E-state index contributed by atoms with van der Waals surface area (Å²) in [6.45, 7) is 0. The Kier molecular flexibility index (Phi) is 2.61. The SMILES string of the molecule is Cn1ncc2cc(-c3cc(=O)n4nc(C(N)=O)cc4[nH]3)ccc21. The van der Waals surface area contributed by atoms with Crippen molar-refractivity contribution in [3.8, 4) is 11.3 Å². The number of aromatic nitrogens is 5. The van der Waals surface area contributed by atoms with E-state index in [0.717, 1.165) is 21.0 Å². The van der Waals surface area contributed by atoms with Gasteiger partial charge < -0.3 is 10.7 Å². The number of aromatic amines is 1. The normalized spacial score (nSPS) is 11.3. The fourth-order valence-corrected chi connectivity index (χ4v) is 2.60. The van der Waals surface area contributed by atoms with Gasteiger partial charge in [-0.3, -0.25) is 14.3 Å². The van der Waals surface area contributed by atoms with Crippen molar-refractivity contribution in [2.45, 2.75) is 0 Å². The van der Waals surface area contributed by atoms with Gasteiger partial charge in [0.15, 0.2) is 5.69 Å². The topological polar surface area (TPSA) is 111 Å². The molecule has 0 aliphatic rings. The minimum atomic E-state index is -0.681. The number of carbonyl (C=O) groups excluding carboxylic acids is 1. The number of nitrogens with zero attached hydrogens (tertiary/aromatic N) is 4. The number of hydrogen-bond donors (Lipinski definition) is 2. The molecule has 0 unspecified atom stereocenters. The Morgan fingerprint density at radius 1 is 1.26 bits per heavy atom. The molecule has 0 spiro atoms. The summed E-state index contributed by atoms with van der Waals surface area (Å²) in [5.74, 6) is -0.681. The Morgan fingerprint density at radius 3 is 2.87 bits per heavy atom. The zero-order valence-corrected chi connectivity index (χ0v) is 12.1. The standard InChI is InChI=1S/C15H12N6O2/c1-20-12-3-2-8(4-9(12)7-17-20)10-6-14(22)21-13(18-10)5-11(19-21)15(16)23/h2-7,18H,1H3,(H2,16,23). The van der Waals surface area contributed by atoms with Gasteiger partial charge >= 0.3 is 0 Å². The number of carbonyl (C=O) groups is 1. The Hall–Kier alpha value is -3.42. The van der Waals surface area contributed by atoms with E-state index in [4.69, 9.17) is 5.73 Å². The Morgan fingerprint density at radius 2 is 2.09 bits per heavy atom. The highest BCUT2D eigenvalue weighted by Gasteiger charge is 2.11. The van der Waals surface area contributed by atoms with Crippen LogP contribution in [0.5, 0.6) is 0 Å². The van der Waals surface area contributed by atoms with E-state index in [1.807, 2.05) is 25.2 Å². The van der Waals surface area contributed by atoms with Crippen molar-refractivity contribution < 1.29 is 4.79 Å². The number of H-pyrrole nitrogens is 1. The molecule has 0 saturated carbocycles. The second-order valence-corrected chi connectivity index (χ2v) is 5.25. The molecule has 114 valence electrons. The second-order valence-electron chi connectivity index (χ2n) is 5.25. The Bertz CT molecular complexity index is 1130. The maximum Gasteiger partial charge on any atom is 0.274 e. The van der Waals surface area contributed by atoms with Gasteiger partial charge in [-0.25, -0.2) is 0 Å². The molecule has 0 aliphatic heterocycles. The Labute approximate surface area is 129 Å². The molecule has 3 heterocycles. The first-order valence-corrected chi connectivity index (χ1v) is 6.88. The lowest BCUT2D eigenvalue weighted by molar-refractivity contribution is 0.0995. The minimum Gasteiger partial charge on any atom is -0.364 e. The van der Waals surface area contributed by atoms with Gasteiger partial charge in [0.1, 0.15) is 5.65 Å². The lowest BCUT2D eigenvalue weighted by Gasteiger charge is -2.03. The lowest BCUT2D eigenvalue weighted by Crippen LogP contribution is -2.16. The minimum absolute atomic E-state index is 0.0400. The van der Waals surface area contributed by atoms with E-state index in [-0.39, 0.29) is 11.3 Å². The molecule has 0 saturated heterocycles.